The van der Waals surface area contributed by atoms with Crippen molar-refractivity contribution >= 4 is 11.9 Å². The summed E-state index contributed by atoms with van der Waals surface area (Å²) in [7, 11) is 2.91. The first kappa shape index (κ1) is 9.57. The predicted octanol–water partition coefficient (Wildman–Crippen LogP) is -0.166. The fraction of sp³-hybridized carbons (Fsp3) is 0.500. The lowest BCUT2D eigenvalue weighted by atomic mass is 10.1. The first-order valence-corrected chi connectivity index (χ1v) is 3.83. The normalized spacial score (nSPS) is 17.7. The molecule has 72 valence electrons. The highest BCUT2D eigenvalue weighted by molar-refractivity contribution is 6.01. The highest BCUT2D eigenvalue weighted by Gasteiger charge is 2.28. The molecule has 5 heteroatoms. The Morgan fingerprint density at radius 2 is 2.23 bits per heavy atom. The quantitative estimate of drug-likeness (QED) is 0.648. The molecule has 1 N–H and O–H groups in total. The van der Waals surface area contributed by atoms with Crippen LogP contribution in [0.1, 0.15) is 6.42 Å². The van der Waals surface area contributed by atoms with Crippen LogP contribution in [0.5, 0.6) is 0 Å². The lowest BCUT2D eigenvalue weighted by molar-refractivity contribution is -0.136. The molecule has 0 unspecified atom stereocenters. The van der Waals surface area contributed by atoms with Gasteiger partial charge in [-0.2, -0.15) is 0 Å². The number of carbonyl (C=O) groups excluding carboxylic acids is 1. The van der Waals surface area contributed by atoms with E-state index in [1.165, 1.54) is 12.0 Å². The molecule has 0 spiro atoms. The summed E-state index contributed by atoms with van der Waals surface area (Å²) < 4.78 is 4.76. The molecule has 1 aliphatic rings. The Morgan fingerprint density at radius 1 is 1.62 bits per heavy atom. The van der Waals surface area contributed by atoms with Gasteiger partial charge in [0.2, 0.25) is 0 Å². The third-order valence-corrected chi connectivity index (χ3v) is 1.97. The van der Waals surface area contributed by atoms with Crippen molar-refractivity contribution in [1.29, 1.82) is 0 Å². The molecule has 1 amide bonds. The van der Waals surface area contributed by atoms with Gasteiger partial charge >= 0.3 is 5.97 Å². The summed E-state index contributed by atoms with van der Waals surface area (Å²) in [6.45, 7) is 0.424. The van der Waals surface area contributed by atoms with E-state index in [-0.39, 0.29) is 17.2 Å². The van der Waals surface area contributed by atoms with Crippen LogP contribution < -0.4 is 0 Å². The maximum atomic E-state index is 11.4. The molecule has 0 bridgehead atoms. The highest BCUT2D eigenvalue weighted by Crippen LogP contribution is 2.18. The van der Waals surface area contributed by atoms with E-state index in [2.05, 4.69) is 0 Å². The van der Waals surface area contributed by atoms with Crippen LogP contribution in [0.15, 0.2) is 11.3 Å². The molecular weight excluding hydrogens is 174 g/mol. The third kappa shape index (κ3) is 1.63. The largest absolute Gasteiger partial charge is 0.491 e. The van der Waals surface area contributed by atoms with Gasteiger partial charge in [-0.1, -0.05) is 0 Å². The van der Waals surface area contributed by atoms with Gasteiger partial charge in [0.05, 0.1) is 12.7 Å². The number of hydrogen-bond donors (Lipinski definition) is 1. The molecule has 1 heterocycles. The molecule has 0 saturated carbocycles. The lowest BCUT2D eigenvalue weighted by Crippen LogP contribution is -2.36. The second-order valence-corrected chi connectivity index (χ2v) is 2.79. The molecular formula is C8H11NO4. The van der Waals surface area contributed by atoms with Gasteiger partial charge < -0.3 is 14.7 Å². The summed E-state index contributed by atoms with van der Waals surface area (Å²) in [6, 6.07) is 0. The monoisotopic (exact) mass is 185 g/mol. The first-order valence-electron chi connectivity index (χ1n) is 3.83. The van der Waals surface area contributed by atoms with E-state index in [0.717, 1.165) is 0 Å². The molecule has 0 aromatic heterocycles. The number of carboxylic acid groups (broad SMARTS) is 1. The van der Waals surface area contributed by atoms with Crippen LogP contribution in [-0.2, 0) is 14.3 Å². The van der Waals surface area contributed by atoms with E-state index in [1.54, 1.807) is 7.05 Å². The van der Waals surface area contributed by atoms with Crippen molar-refractivity contribution in [3.8, 4) is 0 Å². The molecule has 0 atom stereocenters. The van der Waals surface area contributed by atoms with Crippen LogP contribution in [0.25, 0.3) is 0 Å². The average Bonchev–Trinajstić information content (AvgIpc) is 2.09. The minimum Gasteiger partial charge on any atom is -0.491 e. The minimum atomic E-state index is -1.08. The Labute approximate surface area is 75.6 Å². The number of nitrogens with zero attached hydrogens (tertiary/aromatic N) is 1. The Bertz CT molecular complexity index is 282. The number of likely N-dealkylation sites (N-methyl/N-ethyl adjacent to an activating group) is 1. The van der Waals surface area contributed by atoms with Gasteiger partial charge in [0.25, 0.3) is 5.91 Å². The van der Waals surface area contributed by atoms with E-state index in [1.807, 2.05) is 0 Å². The number of rotatable bonds is 2. The van der Waals surface area contributed by atoms with Gasteiger partial charge in [0, 0.05) is 20.0 Å². The first-order chi connectivity index (χ1) is 6.07. The molecule has 0 aromatic carbocycles. The molecule has 1 aliphatic heterocycles. The summed E-state index contributed by atoms with van der Waals surface area (Å²) >= 11 is 0. The van der Waals surface area contributed by atoms with Crippen molar-refractivity contribution < 1.29 is 19.4 Å². The summed E-state index contributed by atoms with van der Waals surface area (Å²) in [6.07, 6.45) is 0.334. The Kier molecular flexibility index (Phi) is 2.55. The molecule has 0 aliphatic carbocycles. The Hall–Kier alpha value is -1.52. The third-order valence-electron chi connectivity index (χ3n) is 1.97. The van der Waals surface area contributed by atoms with E-state index >= 15 is 0 Å². The predicted molar refractivity (Wildman–Crippen MR) is 43.9 cm³/mol. The van der Waals surface area contributed by atoms with Crippen LogP contribution in [0, 0.1) is 0 Å². The van der Waals surface area contributed by atoms with Crippen molar-refractivity contribution in [1.82, 2.24) is 4.90 Å². The van der Waals surface area contributed by atoms with Gasteiger partial charge in [-0.05, 0) is 0 Å². The number of carbonyl (C=O) groups is 2. The van der Waals surface area contributed by atoms with Crippen LogP contribution in [-0.4, -0.2) is 42.6 Å². The molecule has 0 radical (unpaired) electrons. The lowest BCUT2D eigenvalue weighted by Gasteiger charge is -2.24. The van der Waals surface area contributed by atoms with Crippen molar-refractivity contribution in [2.24, 2.45) is 0 Å². The van der Waals surface area contributed by atoms with E-state index in [0.29, 0.717) is 13.0 Å². The van der Waals surface area contributed by atoms with Crippen LogP contribution in [0.2, 0.25) is 0 Å². The summed E-state index contributed by atoms with van der Waals surface area (Å²) in [5.74, 6) is -1.51. The van der Waals surface area contributed by atoms with Crippen LogP contribution in [0.4, 0.5) is 0 Å². The van der Waals surface area contributed by atoms with E-state index in [9.17, 15) is 9.59 Å². The van der Waals surface area contributed by atoms with Gasteiger partial charge in [0.15, 0.2) is 5.76 Å². The Morgan fingerprint density at radius 3 is 2.69 bits per heavy atom. The number of aliphatic carboxylic acids is 1. The summed E-state index contributed by atoms with van der Waals surface area (Å²) in [5, 5.41) is 8.74. The van der Waals surface area contributed by atoms with Gasteiger partial charge in [-0.3, -0.25) is 4.79 Å². The molecule has 13 heavy (non-hydrogen) atoms. The van der Waals surface area contributed by atoms with Gasteiger partial charge in [0.1, 0.15) is 0 Å². The summed E-state index contributed by atoms with van der Waals surface area (Å²) in [5.41, 5.74) is 0.0607. The van der Waals surface area contributed by atoms with Crippen molar-refractivity contribution in [3.05, 3.63) is 11.3 Å². The standard InChI is InChI=1S/C8H11NO4/c1-9-4-3-5(8(11)12)6(13-2)7(9)10/h3-4H2,1-2H3,(H,11,12). The molecule has 0 saturated heterocycles. The molecule has 1 rings (SSSR count). The van der Waals surface area contributed by atoms with Crippen molar-refractivity contribution in [2.45, 2.75) is 6.42 Å². The average molecular weight is 185 g/mol. The fourth-order valence-electron chi connectivity index (χ4n) is 1.21. The van der Waals surface area contributed by atoms with Crippen molar-refractivity contribution in [2.75, 3.05) is 20.7 Å². The maximum absolute atomic E-state index is 11.4. The second-order valence-electron chi connectivity index (χ2n) is 2.79. The summed E-state index contributed by atoms with van der Waals surface area (Å²) in [4.78, 5) is 23.5. The second kappa shape index (κ2) is 3.47. The Balaban J connectivity index is 3.07. The zero-order chi connectivity index (χ0) is 10.0. The fourth-order valence-corrected chi connectivity index (χ4v) is 1.21. The number of hydrogen-bond acceptors (Lipinski definition) is 3. The topological polar surface area (TPSA) is 66.8 Å². The smallest absolute Gasteiger partial charge is 0.335 e. The minimum absolute atomic E-state index is 0.0544. The van der Waals surface area contributed by atoms with Gasteiger partial charge in [-0.15, -0.1) is 0 Å². The van der Waals surface area contributed by atoms with Crippen LogP contribution in [0.3, 0.4) is 0 Å². The SMILES string of the molecule is COC1=C(C(=O)O)CCN(C)C1=O. The van der Waals surface area contributed by atoms with Crippen LogP contribution >= 0.6 is 0 Å². The molecule has 0 aromatic rings. The van der Waals surface area contributed by atoms with Crippen molar-refractivity contribution in [3.63, 3.8) is 0 Å². The zero-order valence-corrected chi connectivity index (χ0v) is 7.53. The van der Waals surface area contributed by atoms with Gasteiger partial charge in [-0.25, -0.2) is 4.79 Å². The number of carboxylic acids is 1. The number of methoxy groups -OCH3 is 1. The highest BCUT2D eigenvalue weighted by atomic mass is 16.5. The number of amides is 1. The molecule has 0 fully saturated rings. The van der Waals surface area contributed by atoms with E-state index < -0.39 is 5.97 Å². The van der Waals surface area contributed by atoms with E-state index in [4.69, 9.17) is 9.84 Å². The molecule has 5 nitrogen and oxygen atoms in total. The zero-order valence-electron chi connectivity index (χ0n) is 7.53. The maximum Gasteiger partial charge on any atom is 0.335 e. The number of ether oxygens (including phenoxy) is 1.